The maximum absolute atomic E-state index is 12.5. The van der Waals surface area contributed by atoms with E-state index in [4.69, 9.17) is 4.98 Å². The normalized spacial score (nSPS) is 13.9. The maximum Gasteiger partial charge on any atom is 0.228 e. The highest BCUT2D eigenvalue weighted by Gasteiger charge is 2.28. The molecule has 120 valence electrons. The lowest BCUT2D eigenvalue weighted by atomic mass is 10.0. The van der Waals surface area contributed by atoms with Gasteiger partial charge in [0.2, 0.25) is 5.91 Å². The molecule has 0 N–H and O–H groups in total. The third-order valence-electron chi connectivity index (χ3n) is 4.15. The van der Waals surface area contributed by atoms with E-state index in [1.165, 1.54) is 0 Å². The number of nitrogens with zero attached hydrogens (tertiary/aromatic N) is 4. The predicted octanol–water partition coefficient (Wildman–Crippen LogP) is 3.39. The van der Waals surface area contributed by atoms with Gasteiger partial charge in [0.15, 0.2) is 5.82 Å². The van der Waals surface area contributed by atoms with Crippen LogP contribution in [0.2, 0.25) is 0 Å². The summed E-state index contributed by atoms with van der Waals surface area (Å²) in [6.07, 6.45) is 4.68. The van der Waals surface area contributed by atoms with Gasteiger partial charge in [-0.2, -0.15) is 0 Å². The summed E-state index contributed by atoms with van der Waals surface area (Å²) in [5, 5.41) is 2.02. The fourth-order valence-corrected chi connectivity index (χ4v) is 3.62. The van der Waals surface area contributed by atoms with E-state index in [1.807, 2.05) is 36.6 Å². The van der Waals surface area contributed by atoms with Crippen molar-refractivity contribution in [2.24, 2.45) is 0 Å². The summed E-state index contributed by atoms with van der Waals surface area (Å²) in [4.78, 5) is 28.9. The van der Waals surface area contributed by atoms with E-state index in [-0.39, 0.29) is 5.91 Å². The van der Waals surface area contributed by atoms with Gasteiger partial charge in [-0.25, -0.2) is 9.97 Å². The van der Waals surface area contributed by atoms with Gasteiger partial charge in [-0.1, -0.05) is 6.07 Å². The largest absolute Gasteiger partial charge is 0.291 e. The summed E-state index contributed by atoms with van der Waals surface area (Å²) >= 11 is 1.65. The zero-order chi connectivity index (χ0) is 16.5. The molecule has 0 saturated heterocycles. The minimum atomic E-state index is 0.117. The molecule has 1 aliphatic heterocycles. The number of carbonyl (C=O) groups excluding carboxylic acids is 1. The number of thiophene rings is 1. The Kier molecular flexibility index (Phi) is 3.82. The number of carbonyl (C=O) groups is 1. The number of fused-ring (bicyclic) bond motifs is 1. The molecule has 1 aliphatic rings. The molecule has 1 amide bonds. The molecule has 0 aromatic carbocycles. The number of rotatable bonds is 3. The van der Waals surface area contributed by atoms with Crippen molar-refractivity contribution in [3.63, 3.8) is 0 Å². The summed E-state index contributed by atoms with van der Waals surface area (Å²) in [6.45, 7) is 2.55. The van der Waals surface area contributed by atoms with Crippen LogP contribution in [0.1, 0.15) is 22.6 Å². The Balaban J connectivity index is 1.80. The predicted molar refractivity (Wildman–Crippen MR) is 93.8 cm³/mol. The van der Waals surface area contributed by atoms with E-state index in [2.05, 4.69) is 9.97 Å². The lowest BCUT2D eigenvalue weighted by Crippen LogP contribution is -2.35. The molecule has 0 atom stereocenters. The Bertz CT molecular complexity index is 878. The number of aromatic nitrogens is 3. The average molecular weight is 336 g/mol. The van der Waals surface area contributed by atoms with Crippen LogP contribution in [0.4, 0.5) is 5.82 Å². The number of pyridine rings is 1. The van der Waals surface area contributed by atoms with Gasteiger partial charge in [-0.05, 0) is 36.9 Å². The molecule has 0 unspecified atom stereocenters. The van der Waals surface area contributed by atoms with Crippen molar-refractivity contribution in [2.45, 2.75) is 26.3 Å². The minimum absolute atomic E-state index is 0.117. The van der Waals surface area contributed by atoms with Crippen LogP contribution in [-0.2, 0) is 17.8 Å². The lowest BCUT2D eigenvalue weighted by molar-refractivity contribution is -0.119. The molecule has 0 fully saturated rings. The van der Waals surface area contributed by atoms with Gasteiger partial charge in [-0.15, -0.1) is 11.3 Å². The van der Waals surface area contributed by atoms with Gasteiger partial charge < -0.3 is 0 Å². The molecule has 3 aromatic rings. The number of amides is 1. The lowest BCUT2D eigenvalue weighted by Gasteiger charge is -2.29. The van der Waals surface area contributed by atoms with Gasteiger partial charge in [0, 0.05) is 40.5 Å². The molecule has 0 radical (unpaired) electrons. The molecule has 4 heterocycles. The first-order valence-corrected chi connectivity index (χ1v) is 8.71. The Morgan fingerprint density at radius 3 is 2.88 bits per heavy atom. The van der Waals surface area contributed by atoms with Crippen LogP contribution in [0.25, 0.3) is 11.4 Å². The quantitative estimate of drug-likeness (QED) is 0.735. The van der Waals surface area contributed by atoms with Crippen LogP contribution in [0.15, 0.2) is 42.0 Å². The highest BCUT2D eigenvalue weighted by Crippen LogP contribution is 2.31. The monoisotopic (exact) mass is 336 g/mol. The van der Waals surface area contributed by atoms with Gasteiger partial charge in [-0.3, -0.25) is 14.7 Å². The molecule has 3 aromatic heterocycles. The SMILES string of the molecule is Cc1nc(-c2cccnc2)nc2c1CCC(=O)N2Cc1cccs1. The second-order valence-electron chi connectivity index (χ2n) is 5.74. The van der Waals surface area contributed by atoms with Crippen LogP contribution in [0.3, 0.4) is 0 Å². The summed E-state index contributed by atoms with van der Waals surface area (Å²) < 4.78 is 0. The van der Waals surface area contributed by atoms with E-state index in [1.54, 1.807) is 28.6 Å². The number of hydrogen-bond donors (Lipinski definition) is 0. The Morgan fingerprint density at radius 1 is 1.21 bits per heavy atom. The number of hydrogen-bond acceptors (Lipinski definition) is 5. The van der Waals surface area contributed by atoms with Gasteiger partial charge in [0.1, 0.15) is 5.82 Å². The molecule has 0 spiro atoms. The molecule has 24 heavy (non-hydrogen) atoms. The van der Waals surface area contributed by atoms with Crippen molar-refractivity contribution in [1.29, 1.82) is 0 Å². The molecule has 6 heteroatoms. The van der Waals surface area contributed by atoms with Crippen molar-refractivity contribution in [3.05, 3.63) is 58.2 Å². The van der Waals surface area contributed by atoms with E-state index < -0.39 is 0 Å². The highest BCUT2D eigenvalue weighted by atomic mass is 32.1. The van der Waals surface area contributed by atoms with Crippen molar-refractivity contribution >= 4 is 23.1 Å². The van der Waals surface area contributed by atoms with E-state index >= 15 is 0 Å². The standard InChI is InChI=1S/C18H16N4OS/c1-12-15-6-7-16(23)22(11-14-5-3-9-24-14)18(15)21-17(20-12)13-4-2-8-19-10-13/h2-5,8-10H,6-7,11H2,1H3. The summed E-state index contributed by atoms with van der Waals surface area (Å²) in [5.41, 5.74) is 2.86. The van der Waals surface area contributed by atoms with Crippen molar-refractivity contribution in [1.82, 2.24) is 15.0 Å². The first kappa shape index (κ1) is 15.0. The van der Waals surface area contributed by atoms with E-state index in [9.17, 15) is 4.79 Å². The molecule has 0 aliphatic carbocycles. The van der Waals surface area contributed by atoms with Gasteiger partial charge in [0.25, 0.3) is 0 Å². The topological polar surface area (TPSA) is 59.0 Å². The third kappa shape index (κ3) is 2.69. The van der Waals surface area contributed by atoms with Crippen molar-refractivity contribution in [3.8, 4) is 11.4 Å². The second-order valence-corrected chi connectivity index (χ2v) is 6.77. The van der Waals surface area contributed by atoms with Crippen molar-refractivity contribution in [2.75, 3.05) is 4.90 Å². The molecule has 5 nitrogen and oxygen atoms in total. The zero-order valence-corrected chi connectivity index (χ0v) is 14.1. The molecular weight excluding hydrogens is 320 g/mol. The van der Waals surface area contributed by atoms with Crippen LogP contribution >= 0.6 is 11.3 Å². The third-order valence-corrected chi connectivity index (χ3v) is 5.01. The number of aryl methyl sites for hydroxylation is 1. The Morgan fingerprint density at radius 2 is 2.12 bits per heavy atom. The summed E-state index contributed by atoms with van der Waals surface area (Å²) in [5.74, 6) is 1.47. The van der Waals surface area contributed by atoms with E-state index in [0.717, 1.165) is 27.5 Å². The van der Waals surface area contributed by atoms with Gasteiger partial charge in [0.05, 0.1) is 6.54 Å². The smallest absolute Gasteiger partial charge is 0.228 e. The Labute approximate surface area is 144 Å². The first-order chi connectivity index (χ1) is 11.7. The van der Waals surface area contributed by atoms with E-state index in [0.29, 0.717) is 25.2 Å². The van der Waals surface area contributed by atoms with Crippen LogP contribution in [0.5, 0.6) is 0 Å². The highest BCUT2D eigenvalue weighted by molar-refractivity contribution is 7.09. The van der Waals surface area contributed by atoms with Gasteiger partial charge >= 0.3 is 0 Å². The fraction of sp³-hybridized carbons (Fsp3) is 0.222. The second kappa shape index (κ2) is 6.13. The Hall–Kier alpha value is -2.60. The first-order valence-electron chi connectivity index (χ1n) is 7.83. The minimum Gasteiger partial charge on any atom is -0.291 e. The molecule has 0 saturated carbocycles. The molecule has 0 bridgehead atoms. The zero-order valence-electron chi connectivity index (χ0n) is 13.3. The molecular formula is C18H16N4OS. The average Bonchev–Trinajstić information content (AvgIpc) is 3.11. The van der Waals surface area contributed by atoms with Crippen LogP contribution in [-0.4, -0.2) is 20.9 Å². The van der Waals surface area contributed by atoms with Crippen molar-refractivity contribution < 1.29 is 4.79 Å². The molecule has 4 rings (SSSR count). The maximum atomic E-state index is 12.5. The summed E-state index contributed by atoms with van der Waals surface area (Å²) in [7, 11) is 0. The summed E-state index contributed by atoms with van der Waals surface area (Å²) in [6, 6.07) is 7.84. The fourth-order valence-electron chi connectivity index (χ4n) is 2.93. The van der Waals surface area contributed by atoms with Crippen LogP contribution in [0, 0.1) is 6.92 Å². The number of anilines is 1. The van der Waals surface area contributed by atoms with Crippen LogP contribution < -0.4 is 4.90 Å².